The number of hydrogen-bond acceptors (Lipinski definition) is 2. The first-order valence-electron chi connectivity index (χ1n) is 4.55. The van der Waals surface area contributed by atoms with Gasteiger partial charge >= 0.3 is 0 Å². The van der Waals surface area contributed by atoms with E-state index in [9.17, 15) is 4.79 Å². The molecule has 0 spiro atoms. The van der Waals surface area contributed by atoms with Crippen LogP contribution in [0.2, 0.25) is 5.02 Å². The first-order chi connectivity index (χ1) is 7.09. The van der Waals surface area contributed by atoms with Gasteiger partial charge in [-0.1, -0.05) is 29.8 Å². The van der Waals surface area contributed by atoms with E-state index in [-0.39, 0.29) is 5.91 Å². The minimum absolute atomic E-state index is 0.0527. The number of nitrogen functional groups attached to an aromatic ring is 1. The second kappa shape index (κ2) is 5.41. The van der Waals surface area contributed by atoms with Gasteiger partial charge in [0.15, 0.2) is 0 Å². The Morgan fingerprint density at radius 3 is 2.93 bits per heavy atom. The molecule has 1 amide bonds. The highest BCUT2D eigenvalue weighted by Crippen LogP contribution is 2.20. The molecule has 0 saturated carbocycles. The molecule has 0 fully saturated rings. The van der Waals surface area contributed by atoms with Gasteiger partial charge in [0.05, 0.1) is 0 Å². The average Bonchev–Trinajstić information content (AvgIpc) is 2.14. The molecule has 0 aromatic heterocycles. The lowest BCUT2D eigenvalue weighted by Crippen LogP contribution is -2.19. The maximum absolute atomic E-state index is 10.6. The van der Waals surface area contributed by atoms with Crippen LogP contribution in [0.5, 0.6) is 0 Å². The van der Waals surface area contributed by atoms with Crippen molar-refractivity contribution in [3.8, 4) is 0 Å². The largest absolute Gasteiger partial charge is 0.399 e. The molecule has 1 aromatic rings. The summed E-state index contributed by atoms with van der Waals surface area (Å²) in [6, 6.07) is 5.31. The van der Waals surface area contributed by atoms with Crippen molar-refractivity contribution < 1.29 is 4.79 Å². The standard InChI is InChI=1S/C11H13ClN2O/c1-8(15)14-6-2-3-9-4-5-10(13)7-11(9)12/h2-5,7H,6,13H2,1H3,(H,14,15). The third-order valence-electron chi connectivity index (χ3n) is 1.79. The Morgan fingerprint density at radius 1 is 1.60 bits per heavy atom. The summed E-state index contributed by atoms with van der Waals surface area (Å²) in [6.45, 7) is 1.97. The number of nitrogens with one attached hydrogen (secondary N) is 1. The third kappa shape index (κ3) is 4.04. The lowest BCUT2D eigenvalue weighted by molar-refractivity contribution is -0.118. The first kappa shape index (κ1) is 11.6. The zero-order chi connectivity index (χ0) is 11.3. The fraction of sp³-hybridized carbons (Fsp3) is 0.182. The van der Waals surface area contributed by atoms with E-state index in [1.807, 2.05) is 18.2 Å². The van der Waals surface area contributed by atoms with Gasteiger partial charge in [0.2, 0.25) is 5.91 Å². The van der Waals surface area contributed by atoms with E-state index in [1.54, 1.807) is 12.1 Å². The van der Waals surface area contributed by atoms with Crippen molar-refractivity contribution in [3.63, 3.8) is 0 Å². The Hall–Kier alpha value is -1.48. The number of rotatable bonds is 3. The minimum atomic E-state index is -0.0527. The van der Waals surface area contributed by atoms with Crippen LogP contribution in [0, 0.1) is 0 Å². The molecule has 0 saturated heterocycles. The van der Waals surface area contributed by atoms with Crippen LogP contribution in [0.4, 0.5) is 5.69 Å². The van der Waals surface area contributed by atoms with Crippen molar-refractivity contribution in [3.05, 3.63) is 34.9 Å². The lowest BCUT2D eigenvalue weighted by atomic mass is 10.2. The Labute approximate surface area is 93.9 Å². The fourth-order valence-electron chi connectivity index (χ4n) is 1.07. The third-order valence-corrected chi connectivity index (χ3v) is 2.12. The van der Waals surface area contributed by atoms with Gasteiger partial charge in [-0.25, -0.2) is 0 Å². The van der Waals surface area contributed by atoms with Crippen LogP contribution in [-0.4, -0.2) is 12.5 Å². The maximum atomic E-state index is 10.6. The number of nitrogens with two attached hydrogens (primary N) is 1. The molecule has 0 aliphatic heterocycles. The van der Waals surface area contributed by atoms with Crippen molar-refractivity contribution in [2.24, 2.45) is 0 Å². The van der Waals surface area contributed by atoms with E-state index in [2.05, 4.69) is 5.32 Å². The molecule has 4 heteroatoms. The van der Waals surface area contributed by atoms with E-state index >= 15 is 0 Å². The summed E-state index contributed by atoms with van der Waals surface area (Å²) in [4.78, 5) is 10.6. The molecule has 3 nitrogen and oxygen atoms in total. The number of amides is 1. The second-order valence-corrected chi connectivity index (χ2v) is 3.53. The summed E-state index contributed by atoms with van der Waals surface area (Å²) < 4.78 is 0. The normalized spacial score (nSPS) is 10.5. The smallest absolute Gasteiger partial charge is 0.217 e. The molecule has 0 heterocycles. The van der Waals surface area contributed by atoms with Crippen LogP contribution in [0.25, 0.3) is 6.08 Å². The first-order valence-corrected chi connectivity index (χ1v) is 4.93. The molecule has 0 aliphatic carbocycles. The molecular formula is C11H13ClN2O. The SMILES string of the molecule is CC(=O)NCC=Cc1ccc(N)cc1Cl. The van der Waals surface area contributed by atoms with Gasteiger partial charge in [-0.15, -0.1) is 0 Å². The lowest BCUT2D eigenvalue weighted by Gasteiger charge is -2.00. The van der Waals surface area contributed by atoms with Crippen LogP contribution in [0.15, 0.2) is 24.3 Å². The average molecular weight is 225 g/mol. The zero-order valence-corrected chi connectivity index (χ0v) is 9.21. The number of benzene rings is 1. The highest BCUT2D eigenvalue weighted by molar-refractivity contribution is 6.32. The van der Waals surface area contributed by atoms with Gasteiger partial charge in [0.1, 0.15) is 0 Å². The van der Waals surface area contributed by atoms with E-state index in [4.69, 9.17) is 17.3 Å². The summed E-state index contributed by atoms with van der Waals surface area (Å²) in [5, 5.41) is 3.26. The van der Waals surface area contributed by atoms with Gasteiger partial charge in [0.25, 0.3) is 0 Å². The van der Waals surface area contributed by atoms with Crippen molar-refractivity contribution in [1.82, 2.24) is 5.32 Å². The summed E-state index contributed by atoms with van der Waals surface area (Å²) in [6.07, 6.45) is 3.68. The summed E-state index contributed by atoms with van der Waals surface area (Å²) in [5.41, 5.74) is 7.08. The number of anilines is 1. The number of carbonyl (C=O) groups is 1. The quantitative estimate of drug-likeness (QED) is 0.773. The minimum Gasteiger partial charge on any atom is -0.399 e. The number of hydrogen-bond donors (Lipinski definition) is 2. The van der Waals surface area contributed by atoms with Gasteiger partial charge in [0, 0.05) is 24.2 Å². The Morgan fingerprint density at radius 2 is 2.33 bits per heavy atom. The highest BCUT2D eigenvalue weighted by Gasteiger charge is 1.95. The van der Waals surface area contributed by atoms with Crippen LogP contribution >= 0.6 is 11.6 Å². The molecule has 0 radical (unpaired) electrons. The molecule has 0 atom stereocenters. The predicted octanol–water partition coefficient (Wildman–Crippen LogP) is 2.07. The number of carbonyl (C=O) groups excluding carboxylic acids is 1. The van der Waals surface area contributed by atoms with Crippen molar-refractivity contribution in [2.45, 2.75) is 6.92 Å². The van der Waals surface area contributed by atoms with Crippen LogP contribution < -0.4 is 11.1 Å². The Balaban J connectivity index is 2.60. The van der Waals surface area contributed by atoms with E-state index in [0.29, 0.717) is 17.3 Å². The number of halogens is 1. The molecule has 0 aliphatic rings. The van der Waals surface area contributed by atoms with E-state index < -0.39 is 0 Å². The predicted molar refractivity (Wildman–Crippen MR) is 63.6 cm³/mol. The van der Waals surface area contributed by atoms with E-state index in [0.717, 1.165) is 5.56 Å². The molecule has 1 rings (SSSR count). The topological polar surface area (TPSA) is 55.1 Å². The highest BCUT2D eigenvalue weighted by atomic mass is 35.5. The molecular weight excluding hydrogens is 212 g/mol. The van der Waals surface area contributed by atoms with Crippen LogP contribution in [-0.2, 0) is 4.79 Å². The molecule has 80 valence electrons. The second-order valence-electron chi connectivity index (χ2n) is 3.12. The van der Waals surface area contributed by atoms with Gasteiger partial charge < -0.3 is 11.1 Å². The Kier molecular flexibility index (Phi) is 4.18. The zero-order valence-electron chi connectivity index (χ0n) is 8.46. The van der Waals surface area contributed by atoms with Crippen LogP contribution in [0.1, 0.15) is 12.5 Å². The molecule has 1 aromatic carbocycles. The van der Waals surface area contributed by atoms with Crippen LogP contribution in [0.3, 0.4) is 0 Å². The molecule has 15 heavy (non-hydrogen) atoms. The fourth-order valence-corrected chi connectivity index (χ4v) is 1.32. The summed E-state index contributed by atoms with van der Waals surface area (Å²) in [5.74, 6) is -0.0527. The monoisotopic (exact) mass is 224 g/mol. The summed E-state index contributed by atoms with van der Waals surface area (Å²) >= 11 is 5.95. The van der Waals surface area contributed by atoms with Gasteiger partial charge in [-0.3, -0.25) is 4.79 Å². The van der Waals surface area contributed by atoms with Crippen molar-refractivity contribution >= 4 is 29.3 Å². The molecule has 0 bridgehead atoms. The Bertz CT molecular complexity index is 388. The summed E-state index contributed by atoms with van der Waals surface area (Å²) in [7, 11) is 0. The van der Waals surface area contributed by atoms with Crippen molar-refractivity contribution in [1.29, 1.82) is 0 Å². The molecule has 0 unspecified atom stereocenters. The maximum Gasteiger partial charge on any atom is 0.217 e. The van der Waals surface area contributed by atoms with Gasteiger partial charge in [-0.2, -0.15) is 0 Å². The van der Waals surface area contributed by atoms with E-state index in [1.165, 1.54) is 6.92 Å². The van der Waals surface area contributed by atoms with Gasteiger partial charge in [-0.05, 0) is 17.7 Å². The van der Waals surface area contributed by atoms with Crippen molar-refractivity contribution in [2.75, 3.05) is 12.3 Å². The molecule has 3 N–H and O–H groups in total.